The van der Waals surface area contributed by atoms with Crippen molar-refractivity contribution in [1.82, 2.24) is 9.55 Å². The number of aromatic nitrogens is 2. The molecule has 0 saturated carbocycles. The predicted octanol–water partition coefficient (Wildman–Crippen LogP) is 6.22. The van der Waals surface area contributed by atoms with E-state index < -0.39 is 7.26 Å². The fourth-order valence-corrected chi connectivity index (χ4v) is 14.7. The number of hydrogen-bond donors (Lipinski definition) is 0. The highest BCUT2D eigenvalue weighted by molar-refractivity contribution is 7.87. The summed E-state index contributed by atoms with van der Waals surface area (Å²) in [5.74, 6) is 0. The van der Waals surface area contributed by atoms with Crippen molar-refractivity contribution in [3.63, 3.8) is 0 Å². The normalized spacial score (nSPS) is 14.0. The van der Waals surface area contributed by atoms with E-state index in [2.05, 4.69) is 109 Å². The standard InChI is InChI=1S/C22H36N2P/c1-17-15-24(16-23-17)18-13-11-12-14-19(18)25(20(2,3)4,21(5,6)7)22(8,9)10/h11-16H,1-10H3/q+1. The second kappa shape index (κ2) is 6.23. The summed E-state index contributed by atoms with van der Waals surface area (Å²) in [7, 11) is -1.64. The summed E-state index contributed by atoms with van der Waals surface area (Å²) in [6, 6.07) is 8.99. The first-order valence-electron chi connectivity index (χ1n) is 9.23. The van der Waals surface area contributed by atoms with E-state index in [0.717, 1.165) is 5.69 Å². The molecule has 0 amide bonds. The average molecular weight is 360 g/mol. The lowest BCUT2D eigenvalue weighted by Gasteiger charge is -2.54. The Morgan fingerprint density at radius 1 is 0.800 bits per heavy atom. The molecule has 0 aliphatic heterocycles. The van der Waals surface area contributed by atoms with E-state index in [1.807, 2.05) is 6.33 Å². The molecule has 0 bridgehead atoms. The molecule has 0 spiro atoms. The summed E-state index contributed by atoms with van der Waals surface area (Å²) in [4.78, 5) is 4.48. The van der Waals surface area contributed by atoms with Crippen LogP contribution in [0.4, 0.5) is 0 Å². The van der Waals surface area contributed by atoms with Crippen LogP contribution in [0, 0.1) is 6.92 Å². The molecule has 0 unspecified atom stereocenters. The van der Waals surface area contributed by atoms with E-state index in [1.165, 1.54) is 11.0 Å². The highest BCUT2D eigenvalue weighted by Gasteiger charge is 2.66. The van der Waals surface area contributed by atoms with Gasteiger partial charge in [0.25, 0.3) is 0 Å². The molecule has 138 valence electrons. The highest BCUT2D eigenvalue weighted by Crippen LogP contribution is 2.82. The molecule has 0 radical (unpaired) electrons. The summed E-state index contributed by atoms with van der Waals surface area (Å²) in [6.07, 6.45) is 4.10. The molecule has 0 N–H and O–H groups in total. The van der Waals surface area contributed by atoms with Crippen LogP contribution in [0.1, 0.15) is 68.0 Å². The second-order valence-electron chi connectivity index (χ2n) is 10.1. The van der Waals surface area contributed by atoms with Crippen molar-refractivity contribution >= 4 is 12.6 Å². The van der Waals surface area contributed by atoms with Crippen LogP contribution in [0.25, 0.3) is 5.69 Å². The molecule has 0 fully saturated rings. The molecule has 0 atom stereocenters. The van der Waals surface area contributed by atoms with Crippen molar-refractivity contribution in [3.8, 4) is 5.69 Å². The first-order valence-corrected chi connectivity index (χ1v) is 11.0. The van der Waals surface area contributed by atoms with E-state index in [1.54, 1.807) is 0 Å². The summed E-state index contributed by atoms with van der Waals surface area (Å²) < 4.78 is 2.21. The molecule has 2 nitrogen and oxygen atoms in total. The number of hydrogen-bond acceptors (Lipinski definition) is 1. The van der Waals surface area contributed by atoms with Gasteiger partial charge in [-0.25, -0.2) is 4.98 Å². The highest BCUT2D eigenvalue weighted by atomic mass is 31.2. The van der Waals surface area contributed by atoms with Gasteiger partial charge in [0.2, 0.25) is 0 Å². The minimum Gasteiger partial charge on any atom is -0.302 e. The molecule has 1 heterocycles. The minimum absolute atomic E-state index is 0.190. The molecule has 0 aliphatic carbocycles. The first-order chi connectivity index (χ1) is 11.2. The molecule has 2 rings (SSSR count). The maximum Gasteiger partial charge on any atom is 0.119 e. The van der Waals surface area contributed by atoms with Crippen molar-refractivity contribution in [3.05, 3.63) is 42.5 Å². The molecule has 25 heavy (non-hydrogen) atoms. The van der Waals surface area contributed by atoms with E-state index >= 15 is 0 Å². The summed E-state index contributed by atoms with van der Waals surface area (Å²) >= 11 is 0. The zero-order chi connectivity index (χ0) is 19.3. The van der Waals surface area contributed by atoms with Gasteiger partial charge in [0.05, 0.1) is 40.4 Å². The van der Waals surface area contributed by atoms with E-state index in [-0.39, 0.29) is 15.5 Å². The molecule has 3 heteroatoms. The molecule has 0 aliphatic rings. The lowest BCUT2D eigenvalue weighted by molar-refractivity contribution is 0.629. The molecule has 1 aromatic heterocycles. The van der Waals surface area contributed by atoms with Crippen molar-refractivity contribution in [2.75, 3.05) is 0 Å². The Labute approximate surface area is 155 Å². The number of rotatable bonds is 2. The third-order valence-electron chi connectivity index (χ3n) is 5.25. The van der Waals surface area contributed by atoms with Gasteiger partial charge in [-0.2, -0.15) is 0 Å². The summed E-state index contributed by atoms with van der Waals surface area (Å²) in [5, 5.41) is 2.08. The molecule has 1 aromatic carbocycles. The Morgan fingerprint density at radius 2 is 1.28 bits per heavy atom. The maximum atomic E-state index is 4.48. The smallest absolute Gasteiger partial charge is 0.119 e. The average Bonchev–Trinajstić information content (AvgIpc) is 2.81. The Balaban J connectivity index is 2.95. The number of benzene rings is 1. The maximum absolute atomic E-state index is 4.48. The van der Waals surface area contributed by atoms with Gasteiger partial charge in [-0.15, -0.1) is 0 Å². The number of nitrogens with zero attached hydrogens (tertiary/aromatic N) is 2. The number of imidazole rings is 1. The zero-order valence-electron chi connectivity index (χ0n) is 17.8. The molecular formula is C22H36N2P+. The van der Waals surface area contributed by atoms with Crippen LogP contribution >= 0.6 is 7.26 Å². The van der Waals surface area contributed by atoms with Crippen LogP contribution in [0.5, 0.6) is 0 Å². The van der Waals surface area contributed by atoms with Gasteiger partial charge >= 0.3 is 0 Å². The van der Waals surface area contributed by atoms with Crippen molar-refractivity contribution in [1.29, 1.82) is 0 Å². The third kappa shape index (κ3) is 3.19. The Bertz CT molecular complexity index is 700. The van der Waals surface area contributed by atoms with Gasteiger partial charge < -0.3 is 4.57 Å². The van der Waals surface area contributed by atoms with Gasteiger partial charge in [-0.1, -0.05) is 12.1 Å². The van der Waals surface area contributed by atoms with Crippen LogP contribution in [0.15, 0.2) is 36.8 Å². The SMILES string of the molecule is Cc1cn(-c2ccccc2[P+](C(C)(C)C)(C(C)(C)C)C(C)(C)C)cn1. The van der Waals surface area contributed by atoms with Gasteiger partial charge in [-0.3, -0.25) is 0 Å². The largest absolute Gasteiger partial charge is 0.302 e. The lowest BCUT2D eigenvalue weighted by atomic mass is 10.2. The minimum atomic E-state index is -1.64. The summed E-state index contributed by atoms with van der Waals surface area (Å²) in [5.41, 5.74) is 2.34. The van der Waals surface area contributed by atoms with Crippen LogP contribution in [0.3, 0.4) is 0 Å². The van der Waals surface area contributed by atoms with Crippen LogP contribution in [-0.2, 0) is 0 Å². The number of aryl methyl sites for hydroxylation is 1. The zero-order valence-corrected chi connectivity index (χ0v) is 18.7. The van der Waals surface area contributed by atoms with Crippen LogP contribution in [-0.4, -0.2) is 25.0 Å². The lowest BCUT2D eigenvalue weighted by Crippen LogP contribution is -2.50. The van der Waals surface area contributed by atoms with Crippen LogP contribution < -0.4 is 5.30 Å². The van der Waals surface area contributed by atoms with Gasteiger partial charge in [0, 0.05) is 6.20 Å². The van der Waals surface area contributed by atoms with Gasteiger partial charge in [0.1, 0.15) is 5.30 Å². The molecule has 2 aromatic rings. The molecular weight excluding hydrogens is 323 g/mol. The fourth-order valence-electron chi connectivity index (χ4n) is 5.62. The van der Waals surface area contributed by atoms with E-state index in [0.29, 0.717) is 0 Å². The topological polar surface area (TPSA) is 17.8 Å². The first kappa shape index (κ1) is 20.2. The number of para-hydroxylation sites is 1. The van der Waals surface area contributed by atoms with Crippen molar-refractivity contribution < 1.29 is 0 Å². The fraction of sp³-hybridized carbons (Fsp3) is 0.591. The Morgan fingerprint density at radius 3 is 1.68 bits per heavy atom. The van der Waals surface area contributed by atoms with Crippen molar-refractivity contribution in [2.24, 2.45) is 0 Å². The van der Waals surface area contributed by atoms with E-state index in [9.17, 15) is 0 Å². The van der Waals surface area contributed by atoms with Crippen molar-refractivity contribution in [2.45, 2.75) is 84.7 Å². The third-order valence-corrected chi connectivity index (χ3v) is 12.4. The monoisotopic (exact) mass is 359 g/mol. The summed E-state index contributed by atoms with van der Waals surface area (Å²) in [6.45, 7) is 24.0. The molecule has 0 saturated heterocycles. The Kier molecular flexibility index (Phi) is 5.03. The van der Waals surface area contributed by atoms with E-state index in [4.69, 9.17) is 0 Å². The van der Waals surface area contributed by atoms with Gasteiger partial charge in [0.15, 0.2) is 0 Å². The van der Waals surface area contributed by atoms with Gasteiger partial charge in [-0.05, 0) is 81.4 Å². The predicted molar refractivity (Wildman–Crippen MR) is 114 cm³/mol. The Hall–Kier alpha value is -1.14. The second-order valence-corrected chi connectivity index (χ2v) is 15.9. The van der Waals surface area contributed by atoms with Crippen LogP contribution in [0.2, 0.25) is 0 Å². The quantitative estimate of drug-likeness (QED) is 0.582.